The van der Waals surface area contributed by atoms with E-state index < -0.39 is 18.6 Å². The topological polar surface area (TPSA) is 106 Å². The van der Waals surface area contributed by atoms with Crippen LogP contribution < -0.4 is 5.43 Å². The van der Waals surface area contributed by atoms with Gasteiger partial charge in [0, 0.05) is 36.9 Å². The van der Waals surface area contributed by atoms with E-state index in [0.29, 0.717) is 28.0 Å². The van der Waals surface area contributed by atoms with Gasteiger partial charge in [-0.3, -0.25) is 9.66 Å². The maximum absolute atomic E-state index is 12.1. The first-order chi connectivity index (χ1) is 23.1. The van der Waals surface area contributed by atoms with E-state index in [-0.39, 0.29) is 12.0 Å². The Hall–Kier alpha value is -3.19. The van der Waals surface area contributed by atoms with Crippen molar-refractivity contribution in [1.82, 2.24) is 24.6 Å². The highest BCUT2D eigenvalue weighted by Gasteiger charge is 2.25. The van der Waals surface area contributed by atoms with Gasteiger partial charge in [-0.05, 0) is 50.3 Å². The predicted molar refractivity (Wildman–Crippen MR) is 191 cm³/mol. The number of halogens is 3. The minimum Gasteiger partial charge on any atom is -0.478 e. The summed E-state index contributed by atoms with van der Waals surface area (Å²) in [5.74, 6) is -0.606. The molecule has 0 saturated carbocycles. The van der Waals surface area contributed by atoms with E-state index in [0.717, 1.165) is 56.1 Å². The summed E-state index contributed by atoms with van der Waals surface area (Å²) in [7, 11) is 0. The van der Waals surface area contributed by atoms with Gasteiger partial charge in [-0.25, -0.2) is 19.7 Å². The van der Waals surface area contributed by atoms with Crippen molar-refractivity contribution in [2.45, 2.75) is 128 Å². The summed E-state index contributed by atoms with van der Waals surface area (Å²) in [6.07, 6.45) is 17.0. The summed E-state index contributed by atoms with van der Waals surface area (Å²) < 4.78 is 38.6. The molecule has 4 rings (SSSR count). The van der Waals surface area contributed by atoms with Gasteiger partial charge in [0.2, 0.25) is 0 Å². The molecule has 0 spiro atoms. The normalized spacial score (nSPS) is 11.5. The van der Waals surface area contributed by atoms with Crippen LogP contribution in [0.5, 0.6) is 0 Å². The molecule has 48 heavy (non-hydrogen) atoms. The lowest BCUT2D eigenvalue weighted by molar-refractivity contribution is -0.135. The number of unbranched alkanes of at least 4 members (excludes halogenated alkanes) is 12. The molecule has 0 aliphatic carbocycles. The van der Waals surface area contributed by atoms with E-state index in [2.05, 4.69) is 61.9 Å². The van der Waals surface area contributed by atoms with Gasteiger partial charge in [-0.2, -0.15) is 13.2 Å². The quantitative estimate of drug-likeness (QED) is 0.0620. The molecule has 0 aliphatic rings. The summed E-state index contributed by atoms with van der Waals surface area (Å²) in [4.78, 5) is 27.5. The van der Waals surface area contributed by atoms with Gasteiger partial charge in [0.05, 0.1) is 22.3 Å². The van der Waals surface area contributed by atoms with Crippen molar-refractivity contribution < 1.29 is 23.1 Å². The van der Waals surface area contributed by atoms with Gasteiger partial charge in [-0.1, -0.05) is 77.6 Å². The van der Waals surface area contributed by atoms with Crippen LogP contribution in [-0.2, 0) is 6.42 Å². The Morgan fingerprint density at radius 3 is 2.25 bits per heavy atom. The molecule has 2 N–H and O–H groups in total. The van der Waals surface area contributed by atoms with Gasteiger partial charge in [0.25, 0.3) is 0 Å². The number of hydrogen-bond donors (Lipinski definition) is 3. The van der Waals surface area contributed by atoms with Gasteiger partial charge in [0.15, 0.2) is 10.8 Å². The molecule has 8 nitrogen and oxygen atoms in total. The summed E-state index contributed by atoms with van der Waals surface area (Å²) in [5, 5.41) is 11.8. The molecule has 4 aromatic rings. The highest BCUT2D eigenvalue weighted by Crippen LogP contribution is 2.25. The maximum atomic E-state index is 12.1. The third-order valence-electron chi connectivity index (χ3n) is 8.00. The van der Waals surface area contributed by atoms with Crippen LogP contribution in [0.4, 0.5) is 13.2 Å². The van der Waals surface area contributed by atoms with Crippen molar-refractivity contribution >= 4 is 41.0 Å². The molecule has 0 amide bonds. The van der Waals surface area contributed by atoms with E-state index in [1.165, 1.54) is 68.0 Å². The summed E-state index contributed by atoms with van der Waals surface area (Å²) in [6.45, 7) is 4.85. The molecule has 4 heterocycles. The lowest BCUT2D eigenvalue weighted by Gasteiger charge is -2.09. The Labute approximate surface area is 291 Å². The second-order valence-corrected chi connectivity index (χ2v) is 13.3. The zero-order chi connectivity index (χ0) is 34.8. The van der Waals surface area contributed by atoms with E-state index >= 15 is 0 Å². The van der Waals surface area contributed by atoms with Crippen molar-refractivity contribution in [3.63, 3.8) is 0 Å². The van der Waals surface area contributed by atoms with Crippen molar-refractivity contribution in [1.29, 1.82) is 0 Å². The van der Waals surface area contributed by atoms with Crippen LogP contribution in [0, 0.1) is 6.92 Å². The number of carboxylic acids is 1. The number of carboxylic acid groups (broad SMARTS) is 1. The molecule has 0 bridgehead atoms. The molecule has 0 aromatic carbocycles. The lowest BCUT2D eigenvalue weighted by atomic mass is 10.0. The monoisotopic (exact) mass is 706 g/mol. The summed E-state index contributed by atoms with van der Waals surface area (Å²) >= 11 is 5.45. The SMILES string of the molecule is CCCCCCCCCNn1cc(CCCCCCCCCC(F)(F)F)c2ncccc21.Cc1nc(-c2nc(S)cs2)ncc1C(=O)O. The maximum Gasteiger partial charge on any atom is 0.389 e. The first-order valence-electron chi connectivity index (χ1n) is 17.1. The number of nitrogens with one attached hydrogen (secondary N) is 1. The van der Waals surface area contributed by atoms with Crippen LogP contribution in [0.1, 0.15) is 125 Å². The van der Waals surface area contributed by atoms with Crippen molar-refractivity contribution in [3.05, 3.63) is 52.9 Å². The Morgan fingerprint density at radius 2 is 1.62 bits per heavy atom. The number of aromatic nitrogens is 5. The van der Waals surface area contributed by atoms with Crippen molar-refractivity contribution in [3.8, 4) is 10.8 Å². The predicted octanol–water partition coefficient (Wildman–Crippen LogP) is 10.5. The van der Waals surface area contributed by atoms with Crippen LogP contribution in [0.3, 0.4) is 0 Å². The van der Waals surface area contributed by atoms with E-state index in [9.17, 15) is 18.0 Å². The number of aryl methyl sites for hydroxylation is 2. The zero-order valence-corrected chi connectivity index (χ0v) is 29.8. The number of thiol groups is 1. The van der Waals surface area contributed by atoms with Crippen molar-refractivity contribution in [2.24, 2.45) is 0 Å². The Bertz CT molecular complexity index is 1530. The zero-order valence-electron chi connectivity index (χ0n) is 28.1. The minimum absolute atomic E-state index is 0.103. The molecule has 0 unspecified atom stereocenters. The number of nitrogens with zero attached hydrogens (tertiary/aromatic N) is 5. The fourth-order valence-corrected chi connectivity index (χ4v) is 6.34. The van der Waals surface area contributed by atoms with Crippen LogP contribution in [0.15, 0.2) is 41.1 Å². The van der Waals surface area contributed by atoms with Gasteiger partial charge >= 0.3 is 12.1 Å². The fraction of sp³-hybridized carbons (Fsp3) is 0.571. The molecule has 0 radical (unpaired) electrons. The van der Waals surface area contributed by atoms with Crippen LogP contribution >= 0.6 is 24.0 Å². The lowest BCUT2D eigenvalue weighted by Crippen LogP contribution is -2.14. The third-order valence-corrected chi connectivity index (χ3v) is 9.24. The first kappa shape index (κ1) is 39.3. The van der Waals surface area contributed by atoms with Crippen LogP contribution in [-0.4, -0.2) is 48.4 Å². The van der Waals surface area contributed by atoms with E-state index in [1.807, 2.05) is 12.3 Å². The van der Waals surface area contributed by atoms with Crippen molar-refractivity contribution in [2.75, 3.05) is 12.0 Å². The van der Waals surface area contributed by atoms with Gasteiger partial charge < -0.3 is 10.5 Å². The molecule has 0 aliphatic heterocycles. The number of rotatable bonds is 20. The second-order valence-electron chi connectivity index (χ2n) is 12.0. The first-order valence-corrected chi connectivity index (χ1v) is 18.4. The number of thiazole rings is 1. The largest absolute Gasteiger partial charge is 0.478 e. The molecular formula is C35H49F3N6O2S2. The minimum atomic E-state index is -4.00. The smallest absolute Gasteiger partial charge is 0.389 e. The highest BCUT2D eigenvalue weighted by molar-refractivity contribution is 7.80. The molecule has 0 fully saturated rings. The van der Waals surface area contributed by atoms with E-state index in [1.54, 1.807) is 12.3 Å². The average molecular weight is 707 g/mol. The number of carbonyl (C=O) groups is 1. The number of aromatic carboxylic acids is 1. The summed E-state index contributed by atoms with van der Waals surface area (Å²) in [6, 6.07) is 4.10. The number of hydrogen-bond acceptors (Lipinski definition) is 8. The Kier molecular flexibility index (Phi) is 17.2. The number of alkyl halides is 3. The standard InChI is InChI=1S/C26H42F3N3.C9H7N3O2S2/c1-2-3-4-5-9-12-15-21-31-32-22-23(25-24(32)18-16-20-30-25)17-13-10-7-6-8-11-14-19-26(27,28)29;1-4-5(9(13)14)2-10-7(11-4)8-12-6(15)3-16-8/h16,18,20,22,31H,2-15,17,19,21H2,1H3;2-3,15H,1H3,(H,13,14). The van der Waals surface area contributed by atoms with Gasteiger partial charge in [0.1, 0.15) is 5.03 Å². The van der Waals surface area contributed by atoms with Gasteiger partial charge in [-0.15, -0.1) is 24.0 Å². The third kappa shape index (κ3) is 14.1. The summed E-state index contributed by atoms with van der Waals surface area (Å²) in [5.41, 5.74) is 7.56. The fourth-order valence-electron chi connectivity index (χ4n) is 5.39. The second kappa shape index (κ2) is 21.0. The molecule has 0 saturated heterocycles. The molecule has 4 aromatic heterocycles. The molecule has 0 atom stereocenters. The Balaban J connectivity index is 0.000000324. The highest BCUT2D eigenvalue weighted by atomic mass is 32.1. The van der Waals surface area contributed by atoms with Crippen LogP contribution in [0.25, 0.3) is 21.9 Å². The number of pyridine rings is 1. The van der Waals surface area contributed by atoms with E-state index in [4.69, 9.17) is 5.11 Å². The average Bonchev–Trinajstić information content (AvgIpc) is 3.64. The van der Waals surface area contributed by atoms with Crippen LogP contribution in [0.2, 0.25) is 0 Å². The molecule has 264 valence electrons. The molecule has 13 heteroatoms. The molecular weight excluding hydrogens is 658 g/mol. The number of fused-ring (bicyclic) bond motifs is 1. The Morgan fingerprint density at radius 1 is 0.958 bits per heavy atom.